The SMILES string of the molecule is CCC(=O)C(C)(C)CCC(=O)C(C)(C)C. The summed E-state index contributed by atoms with van der Waals surface area (Å²) in [5.74, 6) is 0.476. The van der Waals surface area contributed by atoms with Gasteiger partial charge in [0.15, 0.2) is 0 Å². The van der Waals surface area contributed by atoms with Gasteiger partial charge in [0.1, 0.15) is 11.6 Å². The molecule has 0 rings (SSSR count). The van der Waals surface area contributed by atoms with Gasteiger partial charge in [0.2, 0.25) is 0 Å². The van der Waals surface area contributed by atoms with E-state index in [1.54, 1.807) is 0 Å². The molecule has 0 aliphatic heterocycles. The average molecular weight is 212 g/mol. The van der Waals surface area contributed by atoms with Crippen LogP contribution in [-0.4, -0.2) is 11.6 Å². The Labute approximate surface area is 93.4 Å². The minimum Gasteiger partial charge on any atom is -0.299 e. The average Bonchev–Trinajstić information content (AvgIpc) is 2.11. The fourth-order valence-electron chi connectivity index (χ4n) is 1.42. The monoisotopic (exact) mass is 212 g/mol. The molecule has 0 amide bonds. The zero-order chi connectivity index (χ0) is 12.3. The van der Waals surface area contributed by atoms with Gasteiger partial charge in [0.05, 0.1) is 0 Å². The first-order chi connectivity index (χ1) is 6.61. The van der Waals surface area contributed by atoms with Crippen molar-refractivity contribution in [1.82, 2.24) is 0 Å². The van der Waals surface area contributed by atoms with Crippen LogP contribution in [0.1, 0.15) is 60.8 Å². The lowest BCUT2D eigenvalue weighted by Gasteiger charge is -2.24. The third-order valence-electron chi connectivity index (χ3n) is 2.89. The summed E-state index contributed by atoms with van der Waals surface area (Å²) in [7, 11) is 0. The van der Waals surface area contributed by atoms with Gasteiger partial charge in [-0.05, 0) is 6.42 Å². The summed E-state index contributed by atoms with van der Waals surface area (Å²) in [5.41, 5.74) is -0.638. The summed E-state index contributed by atoms with van der Waals surface area (Å²) >= 11 is 0. The molecule has 0 atom stereocenters. The number of carbonyl (C=O) groups excluding carboxylic acids is 2. The molecule has 2 nitrogen and oxygen atoms in total. The first-order valence-electron chi connectivity index (χ1n) is 5.68. The maximum Gasteiger partial charge on any atom is 0.138 e. The zero-order valence-electron chi connectivity index (χ0n) is 10.9. The van der Waals surface area contributed by atoms with Crippen LogP contribution < -0.4 is 0 Å². The van der Waals surface area contributed by atoms with E-state index in [1.807, 2.05) is 41.5 Å². The highest BCUT2D eigenvalue weighted by Gasteiger charge is 2.29. The third kappa shape index (κ3) is 4.59. The van der Waals surface area contributed by atoms with Gasteiger partial charge in [-0.15, -0.1) is 0 Å². The Morgan fingerprint density at radius 2 is 1.40 bits per heavy atom. The van der Waals surface area contributed by atoms with E-state index in [2.05, 4.69) is 0 Å². The molecule has 0 unspecified atom stereocenters. The molecule has 0 aliphatic rings. The molecule has 0 N–H and O–H groups in total. The molecule has 0 bridgehead atoms. The van der Waals surface area contributed by atoms with Crippen molar-refractivity contribution >= 4 is 11.6 Å². The fraction of sp³-hybridized carbons (Fsp3) is 0.846. The fourth-order valence-corrected chi connectivity index (χ4v) is 1.42. The lowest BCUT2D eigenvalue weighted by atomic mass is 9.78. The molecule has 0 aromatic rings. The van der Waals surface area contributed by atoms with Gasteiger partial charge < -0.3 is 0 Å². The van der Waals surface area contributed by atoms with E-state index in [1.165, 1.54) is 0 Å². The number of carbonyl (C=O) groups is 2. The molecule has 88 valence electrons. The predicted molar refractivity (Wildman–Crippen MR) is 62.8 cm³/mol. The Hall–Kier alpha value is -0.660. The number of hydrogen-bond acceptors (Lipinski definition) is 2. The van der Waals surface area contributed by atoms with Crippen molar-refractivity contribution in [3.63, 3.8) is 0 Å². The van der Waals surface area contributed by atoms with Crippen molar-refractivity contribution < 1.29 is 9.59 Å². The van der Waals surface area contributed by atoms with E-state index >= 15 is 0 Å². The molecule has 0 saturated heterocycles. The minimum atomic E-state index is -0.352. The summed E-state index contributed by atoms with van der Waals surface area (Å²) in [6.45, 7) is 11.5. The Balaban J connectivity index is 4.28. The van der Waals surface area contributed by atoms with E-state index in [0.29, 0.717) is 19.3 Å². The van der Waals surface area contributed by atoms with Gasteiger partial charge in [-0.25, -0.2) is 0 Å². The van der Waals surface area contributed by atoms with Gasteiger partial charge in [-0.1, -0.05) is 41.5 Å². The first kappa shape index (κ1) is 14.3. The Morgan fingerprint density at radius 3 is 1.73 bits per heavy atom. The molecule has 0 aliphatic carbocycles. The maximum atomic E-state index is 11.7. The van der Waals surface area contributed by atoms with Crippen molar-refractivity contribution in [3.05, 3.63) is 0 Å². The van der Waals surface area contributed by atoms with Gasteiger partial charge in [0.25, 0.3) is 0 Å². The van der Waals surface area contributed by atoms with Gasteiger partial charge in [-0.2, -0.15) is 0 Å². The van der Waals surface area contributed by atoms with E-state index in [0.717, 1.165) is 0 Å². The van der Waals surface area contributed by atoms with Crippen LogP contribution in [0, 0.1) is 10.8 Å². The maximum absolute atomic E-state index is 11.7. The topological polar surface area (TPSA) is 34.1 Å². The lowest BCUT2D eigenvalue weighted by molar-refractivity contribution is -0.129. The van der Waals surface area contributed by atoms with Crippen LogP contribution >= 0.6 is 0 Å². The zero-order valence-corrected chi connectivity index (χ0v) is 10.9. The van der Waals surface area contributed by atoms with Crippen LogP contribution in [0.4, 0.5) is 0 Å². The highest BCUT2D eigenvalue weighted by molar-refractivity contribution is 5.86. The standard InChI is InChI=1S/C13H24O2/c1-7-10(14)13(5,6)9-8-11(15)12(2,3)4/h7-9H2,1-6H3. The lowest BCUT2D eigenvalue weighted by Crippen LogP contribution is -2.27. The summed E-state index contributed by atoms with van der Waals surface area (Å²) in [6.07, 6.45) is 1.72. The molecule has 0 saturated carbocycles. The molecule has 0 spiro atoms. The van der Waals surface area contributed by atoms with Crippen molar-refractivity contribution in [2.75, 3.05) is 0 Å². The molecular weight excluding hydrogens is 188 g/mol. The Kier molecular flexibility index (Phi) is 4.69. The van der Waals surface area contributed by atoms with E-state index in [9.17, 15) is 9.59 Å². The second kappa shape index (κ2) is 4.91. The molecule has 15 heavy (non-hydrogen) atoms. The first-order valence-corrected chi connectivity index (χ1v) is 5.68. The van der Waals surface area contributed by atoms with Gasteiger partial charge >= 0.3 is 0 Å². The smallest absolute Gasteiger partial charge is 0.138 e. The number of Topliss-reactive ketones (excluding diaryl/α,β-unsaturated/α-hetero) is 2. The number of ketones is 2. The number of rotatable bonds is 5. The minimum absolute atomic E-state index is 0.236. The Bertz CT molecular complexity index is 244. The quantitative estimate of drug-likeness (QED) is 0.700. The summed E-state index contributed by atoms with van der Waals surface area (Å²) in [6, 6.07) is 0. The van der Waals surface area contributed by atoms with E-state index in [4.69, 9.17) is 0 Å². The predicted octanol–water partition coefficient (Wildman–Crippen LogP) is 3.39. The summed E-state index contributed by atoms with van der Waals surface area (Å²) in [4.78, 5) is 23.3. The molecular formula is C13H24O2. The van der Waals surface area contributed by atoms with Gasteiger partial charge in [0, 0.05) is 23.7 Å². The molecule has 0 fully saturated rings. The molecule has 0 radical (unpaired) electrons. The normalized spacial score (nSPS) is 12.7. The van der Waals surface area contributed by atoms with Crippen LogP contribution in [0.5, 0.6) is 0 Å². The second-order valence-electron chi connectivity index (χ2n) is 5.83. The van der Waals surface area contributed by atoms with Gasteiger partial charge in [-0.3, -0.25) is 9.59 Å². The molecule has 2 heteroatoms. The third-order valence-corrected chi connectivity index (χ3v) is 2.89. The van der Waals surface area contributed by atoms with Crippen molar-refractivity contribution in [1.29, 1.82) is 0 Å². The van der Waals surface area contributed by atoms with Crippen LogP contribution in [0.25, 0.3) is 0 Å². The van der Waals surface area contributed by atoms with E-state index in [-0.39, 0.29) is 22.4 Å². The Morgan fingerprint density at radius 1 is 0.933 bits per heavy atom. The second-order valence-corrected chi connectivity index (χ2v) is 5.83. The van der Waals surface area contributed by atoms with Crippen molar-refractivity contribution in [2.24, 2.45) is 10.8 Å². The molecule has 0 aromatic heterocycles. The highest BCUT2D eigenvalue weighted by atomic mass is 16.1. The van der Waals surface area contributed by atoms with Crippen LogP contribution in [-0.2, 0) is 9.59 Å². The van der Waals surface area contributed by atoms with Crippen molar-refractivity contribution in [2.45, 2.75) is 60.8 Å². The summed E-state index contributed by atoms with van der Waals surface area (Å²) in [5, 5.41) is 0. The molecule has 0 aromatic carbocycles. The number of hydrogen-bond donors (Lipinski definition) is 0. The van der Waals surface area contributed by atoms with Crippen LogP contribution in [0.15, 0.2) is 0 Å². The van der Waals surface area contributed by atoms with Crippen molar-refractivity contribution in [3.8, 4) is 0 Å². The highest BCUT2D eigenvalue weighted by Crippen LogP contribution is 2.28. The molecule has 0 heterocycles. The van der Waals surface area contributed by atoms with Crippen LogP contribution in [0.2, 0.25) is 0 Å². The van der Waals surface area contributed by atoms with Crippen LogP contribution in [0.3, 0.4) is 0 Å². The largest absolute Gasteiger partial charge is 0.299 e. The van der Waals surface area contributed by atoms with E-state index < -0.39 is 0 Å². The summed E-state index contributed by atoms with van der Waals surface area (Å²) < 4.78 is 0.